The largest absolute Gasteiger partial charge is 0.378 e. The number of rotatable bonds is 2. The first kappa shape index (κ1) is 14.4. The van der Waals surface area contributed by atoms with Crippen LogP contribution in [0, 0.1) is 0 Å². The molecule has 0 atom stereocenters. The van der Waals surface area contributed by atoms with Gasteiger partial charge >= 0.3 is 0 Å². The van der Waals surface area contributed by atoms with Crippen LogP contribution in [0.5, 0.6) is 0 Å². The second-order valence-electron chi connectivity index (χ2n) is 5.50. The number of hydrogen-bond donors (Lipinski definition) is 1. The zero-order valence-electron chi connectivity index (χ0n) is 12.6. The zero-order valence-corrected chi connectivity index (χ0v) is 14.1. The van der Waals surface area contributed by atoms with E-state index in [1.807, 2.05) is 20.2 Å². The molecule has 0 radical (unpaired) electrons. The Morgan fingerprint density at radius 3 is 2.24 bits per heavy atom. The first-order valence-corrected chi connectivity index (χ1v) is 7.92. The number of halogens is 1. The van der Waals surface area contributed by atoms with Gasteiger partial charge in [-0.05, 0) is 30.3 Å². The van der Waals surface area contributed by atoms with E-state index in [1.54, 1.807) is 11.8 Å². The Morgan fingerprint density at radius 2 is 1.57 bits per heavy atom. The Kier molecular flexibility index (Phi) is 3.68. The molecule has 0 saturated carbocycles. The van der Waals surface area contributed by atoms with Gasteiger partial charge in [-0.15, -0.1) is 0 Å². The van der Waals surface area contributed by atoms with Crippen LogP contribution in [0.4, 0.5) is 22.7 Å². The van der Waals surface area contributed by atoms with Crippen molar-refractivity contribution in [3.05, 3.63) is 35.4 Å². The van der Waals surface area contributed by atoms with E-state index in [0.29, 0.717) is 0 Å². The molecular formula is C16H18ClN3S. The third-order valence-electron chi connectivity index (χ3n) is 3.52. The van der Waals surface area contributed by atoms with E-state index in [2.05, 4.69) is 53.5 Å². The number of anilines is 4. The molecule has 1 aliphatic rings. The molecule has 0 fully saturated rings. The van der Waals surface area contributed by atoms with Crippen molar-refractivity contribution < 1.29 is 0 Å². The van der Waals surface area contributed by atoms with E-state index in [0.717, 1.165) is 27.0 Å². The quantitative estimate of drug-likeness (QED) is 0.739. The highest BCUT2D eigenvalue weighted by Gasteiger charge is 2.20. The lowest BCUT2D eigenvalue weighted by atomic mass is 10.2. The average Bonchev–Trinajstić information content (AvgIpc) is 2.44. The van der Waals surface area contributed by atoms with Crippen molar-refractivity contribution in [1.29, 1.82) is 0 Å². The SMILES string of the molecule is CN(C)c1ccc2c(c1)Sc1cc(N(C)C)cc(Cl)c1N2. The van der Waals surface area contributed by atoms with Crippen LogP contribution in [0.15, 0.2) is 40.1 Å². The monoisotopic (exact) mass is 319 g/mol. The second-order valence-corrected chi connectivity index (χ2v) is 6.99. The van der Waals surface area contributed by atoms with Crippen LogP contribution in [-0.4, -0.2) is 28.2 Å². The van der Waals surface area contributed by atoms with Crippen molar-refractivity contribution >= 4 is 46.1 Å². The predicted octanol–water partition coefficient (Wildman–Crippen LogP) is 4.68. The Balaban J connectivity index is 2.04. The fourth-order valence-electron chi connectivity index (χ4n) is 2.26. The van der Waals surface area contributed by atoms with E-state index in [-0.39, 0.29) is 0 Å². The summed E-state index contributed by atoms with van der Waals surface area (Å²) in [6.45, 7) is 0. The summed E-state index contributed by atoms with van der Waals surface area (Å²) in [4.78, 5) is 6.56. The fraction of sp³-hybridized carbons (Fsp3) is 0.250. The maximum Gasteiger partial charge on any atom is 0.0717 e. The van der Waals surface area contributed by atoms with Gasteiger partial charge in [-0.1, -0.05) is 23.4 Å². The van der Waals surface area contributed by atoms with Gasteiger partial charge in [0, 0.05) is 49.4 Å². The summed E-state index contributed by atoms with van der Waals surface area (Å²) < 4.78 is 0. The molecule has 3 rings (SSSR count). The molecule has 2 aromatic rings. The molecule has 0 unspecified atom stereocenters. The number of benzene rings is 2. The van der Waals surface area contributed by atoms with Gasteiger partial charge in [-0.2, -0.15) is 0 Å². The minimum Gasteiger partial charge on any atom is -0.378 e. The topological polar surface area (TPSA) is 18.5 Å². The van der Waals surface area contributed by atoms with Crippen LogP contribution in [0.25, 0.3) is 0 Å². The maximum absolute atomic E-state index is 6.43. The van der Waals surface area contributed by atoms with Crippen LogP contribution in [-0.2, 0) is 0 Å². The maximum atomic E-state index is 6.43. The minimum atomic E-state index is 0.756. The van der Waals surface area contributed by atoms with Crippen molar-refractivity contribution in [3.63, 3.8) is 0 Å². The number of nitrogens with zero attached hydrogens (tertiary/aromatic N) is 2. The molecule has 110 valence electrons. The molecule has 1 aliphatic heterocycles. The zero-order chi connectivity index (χ0) is 15.1. The summed E-state index contributed by atoms with van der Waals surface area (Å²) in [5.74, 6) is 0. The number of fused-ring (bicyclic) bond motifs is 2. The highest BCUT2D eigenvalue weighted by molar-refractivity contribution is 7.99. The Labute approximate surface area is 134 Å². The Bertz CT molecular complexity index is 698. The molecule has 2 aromatic carbocycles. The fourth-order valence-corrected chi connectivity index (χ4v) is 3.66. The average molecular weight is 320 g/mol. The highest BCUT2D eigenvalue weighted by Crippen LogP contribution is 2.49. The molecule has 1 N–H and O–H groups in total. The summed E-state index contributed by atoms with van der Waals surface area (Å²) >= 11 is 8.19. The molecular weight excluding hydrogens is 302 g/mol. The molecule has 0 spiro atoms. The lowest BCUT2D eigenvalue weighted by Crippen LogP contribution is -2.11. The summed E-state index contributed by atoms with van der Waals surface area (Å²) in [5.41, 5.74) is 4.41. The van der Waals surface area contributed by atoms with E-state index in [4.69, 9.17) is 11.6 Å². The van der Waals surface area contributed by atoms with Crippen molar-refractivity contribution in [2.45, 2.75) is 9.79 Å². The normalized spacial score (nSPS) is 12.2. The summed E-state index contributed by atoms with van der Waals surface area (Å²) in [5, 5.41) is 4.21. The van der Waals surface area contributed by atoms with Crippen molar-refractivity contribution in [1.82, 2.24) is 0 Å². The van der Waals surface area contributed by atoms with Gasteiger partial charge in [0.2, 0.25) is 0 Å². The summed E-state index contributed by atoms with van der Waals surface area (Å²) in [6, 6.07) is 10.6. The van der Waals surface area contributed by atoms with E-state index >= 15 is 0 Å². The first-order chi connectivity index (χ1) is 9.95. The van der Waals surface area contributed by atoms with E-state index in [1.165, 1.54) is 10.6 Å². The lowest BCUT2D eigenvalue weighted by molar-refractivity contribution is 1.11. The first-order valence-electron chi connectivity index (χ1n) is 6.73. The molecule has 3 nitrogen and oxygen atoms in total. The molecule has 0 bridgehead atoms. The van der Waals surface area contributed by atoms with Crippen LogP contribution >= 0.6 is 23.4 Å². The van der Waals surface area contributed by atoms with Gasteiger partial charge in [0.1, 0.15) is 0 Å². The molecule has 1 heterocycles. The van der Waals surface area contributed by atoms with Crippen LogP contribution in [0.1, 0.15) is 0 Å². The predicted molar refractivity (Wildman–Crippen MR) is 94.0 cm³/mol. The summed E-state index contributed by atoms with van der Waals surface area (Å²) in [6.07, 6.45) is 0. The van der Waals surface area contributed by atoms with Crippen LogP contribution in [0.2, 0.25) is 5.02 Å². The number of nitrogens with one attached hydrogen (secondary N) is 1. The molecule has 0 amide bonds. The van der Waals surface area contributed by atoms with Gasteiger partial charge < -0.3 is 15.1 Å². The van der Waals surface area contributed by atoms with Crippen LogP contribution < -0.4 is 15.1 Å². The van der Waals surface area contributed by atoms with Crippen molar-refractivity contribution in [2.75, 3.05) is 43.3 Å². The molecule has 0 saturated heterocycles. The van der Waals surface area contributed by atoms with E-state index < -0.39 is 0 Å². The van der Waals surface area contributed by atoms with Gasteiger partial charge in [0.25, 0.3) is 0 Å². The third kappa shape index (κ3) is 2.65. The third-order valence-corrected chi connectivity index (χ3v) is 4.91. The van der Waals surface area contributed by atoms with E-state index in [9.17, 15) is 0 Å². The smallest absolute Gasteiger partial charge is 0.0717 e. The second kappa shape index (κ2) is 5.35. The molecule has 5 heteroatoms. The van der Waals surface area contributed by atoms with Crippen molar-refractivity contribution in [2.24, 2.45) is 0 Å². The highest BCUT2D eigenvalue weighted by atomic mass is 35.5. The standard InChI is InChI=1S/C16H18ClN3S/c1-19(2)10-5-6-13-14(8-10)21-15-9-11(20(3)4)7-12(17)16(15)18-13/h5-9,18H,1-4H3. The summed E-state index contributed by atoms with van der Waals surface area (Å²) in [7, 11) is 8.16. The Morgan fingerprint density at radius 1 is 0.905 bits per heavy atom. The van der Waals surface area contributed by atoms with Gasteiger partial charge in [-0.25, -0.2) is 0 Å². The van der Waals surface area contributed by atoms with Gasteiger partial charge in [-0.3, -0.25) is 0 Å². The molecule has 0 aromatic heterocycles. The molecule has 21 heavy (non-hydrogen) atoms. The van der Waals surface area contributed by atoms with Crippen LogP contribution in [0.3, 0.4) is 0 Å². The Hall–Kier alpha value is -1.52. The van der Waals surface area contributed by atoms with Gasteiger partial charge in [0.15, 0.2) is 0 Å². The molecule has 0 aliphatic carbocycles. The van der Waals surface area contributed by atoms with Gasteiger partial charge in [0.05, 0.1) is 16.4 Å². The van der Waals surface area contributed by atoms with Crippen molar-refractivity contribution in [3.8, 4) is 0 Å². The lowest BCUT2D eigenvalue weighted by Gasteiger charge is -2.25. The minimum absolute atomic E-state index is 0.756. The number of hydrogen-bond acceptors (Lipinski definition) is 4.